The minimum atomic E-state index is -1.42. The highest BCUT2D eigenvalue weighted by molar-refractivity contribution is 7.10. The summed E-state index contributed by atoms with van der Waals surface area (Å²) in [6, 6.07) is 13.7. The van der Waals surface area contributed by atoms with Gasteiger partial charge in [0.2, 0.25) is 0 Å². The van der Waals surface area contributed by atoms with E-state index in [0.29, 0.717) is 22.9 Å². The zero-order valence-electron chi connectivity index (χ0n) is 14.3. The predicted octanol–water partition coefficient (Wildman–Crippen LogP) is 3.80. The van der Waals surface area contributed by atoms with Crippen LogP contribution in [0.3, 0.4) is 0 Å². The molecule has 2 heterocycles. The van der Waals surface area contributed by atoms with Crippen molar-refractivity contribution in [1.29, 1.82) is 0 Å². The second kappa shape index (κ2) is 8.07. The molecule has 7 heteroatoms. The standard InChI is InChI=1S/C19H20N2O4S/c1-2-24-15-9-7-14(8-10-15)21-18(22)20-13-19(23,16-5-3-11-25-16)17-6-4-12-26-17/h3-12,23H,2,13H2,1H3,(H2,20,21,22). The minimum absolute atomic E-state index is 0.0239. The number of anilines is 1. The number of carbonyl (C=O) groups is 1. The lowest BCUT2D eigenvalue weighted by molar-refractivity contribution is 0.0628. The van der Waals surface area contributed by atoms with E-state index in [1.807, 2.05) is 18.4 Å². The molecule has 0 saturated carbocycles. The zero-order valence-corrected chi connectivity index (χ0v) is 15.1. The fourth-order valence-corrected chi connectivity index (χ4v) is 3.34. The van der Waals surface area contributed by atoms with Crippen molar-refractivity contribution in [3.8, 4) is 5.75 Å². The van der Waals surface area contributed by atoms with E-state index in [4.69, 9.17) is 9.15 Å². The van der Waals surface area contributed by atoms with Gasteiger partial charge in [-0.3, -0.25) is 0 Å². The van der Waals surface area contributed by atoms with Crippen LogP contribution in [0, 0.1) is 0 Å². The second-order valence-corrected chi connectivity index (χ2v) is 6.53. The van der Waals surface area contributed by atoms with Gasteiger partial charge in [-0.15, -0.1) is 11.3 Å². The van der Waals surface area contributed by atoms with E-state index in [2.05, 4.69) is 10.6 Å². The van der Waals surface area contributed by atoms with Crippen LogP contribution >= 0.6 is 11.3 Å². The number of hydrogen-bond acceptors (Lipinski definition) is 5. The average molecular weight is 372 g/mol. The Kier molecular flexibility index (Phi) is 5.60. The molecule has 6 nitrogen and oxygen atoms in total. The van der Waals surface area contributed by atoms with Crippen LogP contribution in [0.5, 0.6) is 5.75 Å². The molecule has 136 valence electrons. The number of rotatable bonds is 7. The van der Waals surface area contributed by atoms with E-state index in [0.717, 1.165) is 5.75 Å². The van der Waals surface area contributed by atoms with Crippen LogP contribution in [-0.2, 0) is 5.60 Å². The zero-order chi connectivity index (χ0) is 18.4. The van der Waals surface area contributed by atoms with Crippen LogP contribution in [0.1, 0.15) is 17.6 Å². The molecule has 0 aliphatic heterocycles. The SMILES string of the molecule is CCOc1ccc(NC(=O)NCC(O)(c2ccco2)c2cccs2)cc1. The van der Waals surface area contributed by atoms with Gasteiger partial charge in [0.25, 0.3) is 0 Å². The Morgan fingerprint density at radius 3 is 2.65 bits per heavy atom. The smallest absolute Gasteiger partial charge is 0.319 e. The van der Waals surface area contributed by atoms with Gasteiger partial charge >= 0.3 is 6.03 Å². The molecule has 0 spiro atoms. The molecule has 1 unspecified atom stereocenters. The van der Waals surface area contributed by atoms with E-state index in [-0.39, 0.29) is 6.54 Å². The van der Waals surface area contributed by atoms with Crippen LogP contribution in [-0.4, -0.2) is 24.3 Å². The van der Waals surface area contributed by atoms with Crippen LogP contribution < -0.4 is 15.4 Å². The first kappa shape index (κ1) is 18.0. The van der Waals surface area contributed by atoms with E-state index in [1.165, 1.54) is 17.6 Å². The number of amides is 2. The average Bonchev–Trinajstić information content (AvgIpc) is 3.36. The largest absolute Gasteiger partial charge is 0.494 e. The molecule has 0 aliphatic carbocycles. The van der Waals surface area contributed by atoms with Gasteiger partial charge in [0.05, 0.1) is 19.4 Å². The molecule has 3 N–H and O–H groups in total. The van der Waals surface area contributed by atoms with E-state index < -0.39 is 11.6 Å². The lowest BCUT2D eigenvalue weighted by Crippen LogP contribution is -2.42. The summed E-state index contributed by atoms with van der Waals surface area (Å²) in [5.41, 5.74) is -0.794. The summed E-state index contributed by atoms with van der Waals surface area (Å²) in [4.78, 5) is 12.9. The van der Waals surface area contributed by atoms with E-state index in [1.54, 1.807) is 42.5 Å². The van der Waals surface area contributed by atoms with Crippen LogP contribution in [0.15, 0.2) is 64.6 Å². The lowest BCUT2D eigenvalue weighted by atomic mass is 9.99. The third-order valence-electron chi connectivity index (χ3n) is 3.79. The van der Waals surface area contributed by atoms with E-state index in [9.17, 15) is 9.90 Å². The monoisotopic (exact) mass is 372 g/mol. The number of benzene rings is 1. The van der Waals surface area contributed by atoms with Crippen molar-refractivity contribution in [2.24, 2.45) is 0 Å². The number of thiophene rings is 1. The summed E-state index contributed by atoms with van der Waals surface area (Å²) in [6.45, 7) is 2.47. The van der Waals surface area contributed by atoms with Crippen molar-refractivity contribution in [1.82, 2.24) is 5.32 Å². The first-order chi connectivity index (χ1) is 12.6. The summed E-state index contributed by atoms with van der Waals surface area (Å²) in [6.07, 6.45) is 1.49. The minimum Gasteiger partial charge on any atom is -0.494 e. The number of hydrogen-bond donors (Lipinski definition) is 3. The van der Waals surface area contributed by atoms with Gasteiger partial charge in [-0.25, -0.2) is 4.79 Å². The summed E-state index contributed by atoms with van der Waals surface area (Å²) >= 11 is 1.39. The maximum atomic E-state index is 12.2. The summed E-state index contributed by atoms with van der Waals surface area (Å²) in [5.74, 6) is 1.12. The normalized spacial score (nSPS) is 13.0. The van der Waals surface area contributed by atoms with Crippen molar-refractivity contribution in [3.63, 3.8) is 0 Å². The van der Waals surface area contributed by atoms with Crippen LogP contribution in [0.4, 0.5) is 10.5 Å². The quantitative estimate of drug-likeness (QED) is 0.589. The van der Waals surface area contributed by atoms with Crippen molar-refractivity contribution < 1.29 is 19.1 Å². The second-order valence-electron chi connectivity index (χ2n) is 5.58. The Morgan fingerprint density at radius 1 is 1.23 bits per heavy atom. The topological polar surface area (TPSA) is 83.7 Å². The first-order valence-electron chi connectivity index (χ1n) is 8.20. The lowest BCUT2D eigenvalue weighted by Gasteiger charge is -2.25. The third kappa shape index (κ3) is 4.07. The number of aliphatic hydroxyl groups is 1. The highest BCUT2D eigenvalue weighted by atomic mass is 32.1. The molecule has 1 atom stereocenters. The molecular weight excluding hydrogens is 352 g/mol. The van der Waals surface area contributed by atoms with Gasteiger partial charge in [-0.1, -0.05) is 6.07 Å². The van der Waals surface area contributed by atoms with Gasteiger partial charge in [0.15, 0.2) is 5.60 Å². The fraction of sp³-hybridized carbons (Fsp3) is 0.211. The van der Waals surface area contributed by atoms with Crippen LogP contribution in [0.2, 0.25) is 0 Å². The molecule has 3 aromatic rings. The highest BCUT2D eigenvalue weighted by Crippen LogP contribution is 2.32. The molecule has 0 aliphatic rings. The Labute approximate surface area is 155 Å². The van der Waals surface area contributed by atoms with Gasteiger partial charge in [0.1, 0.15) is 11.5 Å². The molecule has 0 fully saturated rings. The predicted molar refractivity (Wildman–Crippen MR) is 101 cm³/mol. The van der Waals surface area contributed by atoms with Crippen molar-refractivity contribution >= 4 is 23.1 Å². The molecule has 0 bridgehead atoms. The summed E-state index contributed by atoms with van der Waals surface area (Å²) in [5, 5.41) is 18.4. The van der Waals surface area contributed by atoms with Crippen molar-refractivity contribution in [2.45, 2.75) is 12.5 Å². The summed E-state index contributed by atoms with van der Waals surface area (Å²) in [7, 11) is 0. The fourth-order valence-electron chi connectivity index (χ4n) is 2.51. The Morgan fingerprint density at radius 2 is 2.04 bits per heavy atom. The Hall–Kier alpha value is -2.77. The molecular formula is C19H20N2O4S. The molecule has 2 aromatic heterocycles. The number of furan rings is 1. The van der Waals surface area contributed by atoms with Gasteiger partial charge in [0, 0.05) is 10.6 Å². The molecule has 0 radical (unpaired) electrons. The molecule has 1 aromatic carbocycles. The Balaban J connectivity index is 1.65. The van der Waals surface area contributed by atoms with E-state index >= 15 is 0 Å². The van der Waals surface area contributed by atoms with Gasteiger partial charge < -0.3 is 24.9 Å². The van der Waals surface area contributed by atoms with Crippen molar-refractivity contribution in [2.75, 3.05) is 18.5 Å². The Bertz CT molecular complexity index is 780. The van der Waals surface area contributed by atoms with Crippen LogP contribution in [0.25, 0.3) is 0 Å². The number of urea groups is 1. The number of nitrogens with one attached hydrogen (secondary N) is 2. The van der Waals surface area contributed by atoms with Gasteiger partial charge in [-0.05, 0) is 54.8 Å². The maximum Gasteiger partial charge on any atom is 0.319 e. The number of ether oxygens (including phenoxy) is 1. The molecule has 3 rings (SSSR count). The van der Waals surface area contributed by atoms with Crippen molar-refractivity contribution in [3.05, 3.63) is 70.8 Å². The molecule has 2 amide bonds. The highest BCUT2D eigenvalue weighted by Gasteiger charge is 2.36. The molecule has 26 heavy (non-hydrogen) atoms. The molecule has 0 saturated heterocycles. The number of carbonyl (C=O) groups excluding carboxylic acids is 1. The maximum absolute atomic E-state index is 12.2. The van der Waals surface area contributed by atoms with Gasteiger partial charge in [-0.2, -0.15) is 0 Å². The summed E-state index contributed by atoms with van der Waals surface area (Å²) < 4.78 is 10.8. The third-order valence-corrected chi connectivity index (χ3v) is 4.81. The first-order valence-corrected chi connectivity index (χ1v) is 9.08.